The summed E-state index contributed by atoms with van der Waals surface area (Å²) in [4.78, 5) is 11.9. The summed E-state index contributed by atoms with van der Waals surface area (Å²) in [5, 5.41) is 4.75. The third kappa shape index (κ3) is 3.60. The van der Waals surface area contributed by atoms with E-state index >= 15 is 0 Å². The van der Waals surface area contributed by atoms with Crippen LogP contribution >= 0.6 is 0 Å². The number of anilines is 1. The summed E-state index contributed by atoms with van der Waals surface area (Å²) in [6.45, 7) is -0.901. The maximum atomic E-state index is 13.6. The van der Waals surface area contributed by atoms with Crippen molar-refractivity contribution in [3.8, 4) is 0 Å². The number of carbonyl (C=O) groups excluding carboxylic acids is 1. The lowest BCUT2D eigenvalue weighted by Gasteiger charge is -2.11. The summed E-state index contributed by atoms with van der Waals surface area (Å²) in [5.74, 6) is -13.0. The van der Waals surface area contributed by atoms with E-state index in [9.17, 15) is 39.9 Å². The molecule has 1 amide bonds. The number of benzene rings is 1. The highest BCUT2D eigenvalue weighted by Crippen LogP contribution is 2.42. The van der Waals surface area contributed by atoms with Gasteiger partial charge in [-0.3, -0.25) is 9.48 Å². The minimum Gasteiger partial charge on any atom is -0.319 e. The molecule has 1 N–H and O–H groups in total. The molecule has 1 fully saturated rings. The van der Waals surface area contributed by atoms with Crippen LogP contribution in [-0.4, -0.2) is 15.7 Å². The van der Waals surface area contributed by atoms with Crippen molar-refractivity contribution in [2.75, 3.05) is 5.32 Å². The van der Waals surface area contributed by atoms with Crippen LogP contribution in [0, 0.1) is 29.1 Å². The zero-order chi connectivity index (χ0) is 20.1. The Morgan fingerprint density at radius 1 is 1.04 bits per heavy atom. The fraction of sp³-hybridized carbons (Fsp3) is 0.333. The second kappa shape index (κ2) is 6.50. The van der Waals surface area contributed by atoms with Gasteiger partial charge in [-0.05, 0) is 18.9 Å². The number of amides is 1. The number of rotatable bonds is 4. The van der Waals surface area contributed by atoms with E-state index in [0.717, 1.165) is 6.07 Å². The third-order valence-corrected chi connectivity index (χ3v) is 3.86. The molecular weight excluding hydrogens is 390 g/mol. The summed E-state index contributed by atoms with van der Waals surface area (Å²) in [6.07, 6.45) is -3.63. The van der Waals surface area contributed by atoms with Gasteiger partial charge in [-0.25, -0.2) is 22.0 Å². The van der Waals surface area contributed by atoms with Gasteiger partial charge in [0.05, 0.1) is 0 Å². The standard InChI is InChI=1S/C15H9F8N3O/c16-9-10(17)12(19)14(13(20)11(9)18)24-8(27)4-26-6(5-1-2-5)3-7(25-26)15(21,22)23/h3,5H,1-2,4H2,(H,24,27). The molecule has 1 aromatic heterocycles. The van der Waals surface area contributed by atoms with E-state index in [1.807, 2.05) is 0 Å². The van der Waals surface area contributed by atoms with E-state index < -0.39 is 59.1 Å². The zero-order valence-electron chi connectivity index (χ0n) is 13.1. The van der Waals surface area contributed by atoms with Gasteiger partial charge in [-0.1, -0.05) is 0 Å². The Morgan fingerprint density at radius 2 is 1.56 bits per heavy atom. The smallest absolute Gasteiger partial charge is 0.319 e. The molecule has 1 saturated carbocycles. The number of hydrogen-bond acceptors (Lipinski definition) is 2. The Balaban J connectivity index is 1.87. The van der Waals surface area contributed by atoms with Gasteiger partial charge in [-0.2, -0.15) is 18.3 Å². The maximum Gasteiger partial charge on any atom is 0.435 e. The molecule has 0 bridgehead atoms. The Labute approximate surface area is 145 Å². The van der Waals surface area contributed by atoms with Crippen molar-refractivity contribution >= 4 is 11.6 Å². The number of nitrogens with one attached hydrogen (secondary N) is 1. The minimum atomic E-state index is -4.77. The van der Waals surface area contributed by atoms with Crippen molar-refractivity contribution in [1.29, 1.82) is 0 Å². The van der Waals surface area contributed by atoms with Gasteiger partial charge in [0, 0.05) is 11.6 Å². The van der Waals surface area contributed by atoms with Crippen molar-refractivity contribution in [3.05, 3.63) is 46.5 Å². The van der Waals surface area contributed by atoms with Crippen LogP contribution < -0.4 is 5.32 Å². The summed E-state index contributed by atoms with van der Waals surface area (Å²) in [6, 6.07) is 0.753. The highest BCUT2D eigenvalue weighted by Gasteiger charge is 2.38. The Hall–Kier alpha value is -2.66. The molecule has 0 unspecified atom stereocenters. The molecular formula is C15H9F8N3O. The van der Waals surface area contributed by atoms with Gasteiger partial charge >= 0.3 is 6.18 Å². The van der Waals surface area contributed by atoms with Crippen molar-refractivity contribution in [1.82, 2.24) is 9.78 Å². The van der Waals surface area contributed by atoms with Gasteiger partial charge in [-0.15, -0.1) is 0 Å². The summed E-state index contributed by atoms with van der Waals surface area (Å²) >= 11 is 0. The van der Waals surface area contributed by atoms with Crippen LogP contribution in [0.4, 0.5) is 40.8 Å². The first-order chi connectivity index (χ1) is 12.5. The quantitative estimate of drug-likeness (QED) is 0.478. The summed E-state index contributed by atoms with van der Waals surface area (Å²) < 4.78 is 105. The minimum absolute atomic E-state index is 0.0925. The van der Waals surface area contributed by atoms with Gasteiger partial charge in [0.1, 0.15) is 12.2 Å². The molecule has 0 radical (unpaired) electrons. The van der Waals surface area contributed by atoms with Gasteiger partial charge < -0.3 is 5.32 Å². The monoisotopic (exact) mass is 399 g/mol. The van der Waals surface area contributed by atoms with E-state index in [2.05, 4.69) is 5.10 Å². The predicted octanol–water partition coefficient (Wildman–Crippen LogP) is 4.11. The van der Waals surface area contributed by atoms with Crippen LogP contribution in [0.15, 0.2) is 6.07 Å². The average molecular weight is 399 g/mol. The largest absolute Gasteiger partial charge is 0.435 e. The number of hydrogen-bond donors (Lipinski definition) is 1. The fourth-order valence-corrected chi connectivity index (χ4v) is 2.43. The van der Waals surface area contributed by atoms with E-state index in [0.29, 0.717) is 17.5 Å². The molecule has 0 aliphatic heterocycles. The number of carbonyl (C=O) groups is 1. The molecule has 3 rings (SSSR count). The maximum absolute atomic E-state index is 13.6. The van der Waals surface area contributed by atoms with Gasteiger partial charge in [0.2, 0.25) is 11.7 Å². The lowest BCUT2D eigenvalue weighted by atomic mass is 10.2. The van der Waals surface area contributed by atoms with Crippen LogP contribution in [0.3, 0.4) is 0 Å². The second-order valence-corrected chi connectivity index (χ2v) is 5.88. The molecule has 1 aliphatic carbocycles. The summed E-state index contributed by atoms with van der Waals surface area (Å²) in [7, 11) is 0. The molecule has 12 heteroatoms. The molecule has 146 valence electrons. The van der Waals surface area contributed by atoms with E-state index in [-0.39, 0.29) is 11.6 Å². The Kier molecular flexibility index (Phi) is 4.60. The van der Waals surface area contributed by atoms with Crippen LogP contribution in [-0.2, 0) is 17.5 Å². The number of alkyl halides is 3. The normalized spacial score (nSPS) is 14.5. The van der Waals surface area contributed by atoms with E-state index in [1.165, 1.54) is 5.32 Å². The molecule has 1 heterocycles. The highest BCUT2D eigenvalue weighted by atomic mass is 19.4. The average Bonchev–Trinajstić information content (AvgIpc) is 3.34. The predicted molar refractivity (Wildman–Crippen MR) is 74.1 cm³/mol. The van der Waals surface area contributed by atoms with Gasteiger partial charge in [0.15, 0.2) is 29.0 Å². The van der Waals surface area contributed by atoms with Crippen LogP contribution in [0.25, 0.3) is 0 Å². The van der Waals surface area contributed by atoms with E-state index in [4.69, 9.17) is 0 Å². The molecule has 0 atom stereocenters. The zero-order valence-corrected chi connectivity index (χ0v) is 13.1. The first kappa shape index (κ1) is 19.1. The lowest BCUT2D eigenvalue weighted by Crippen LogP contribution is -2.23. The summed E-state index contributed by atoms with van der Waals surface area (Å²) in [5.41, 5.74) is -2.75. The second-order valence-electron chi connectivity index (χ2n) is 5.88. The fourth-order valence-electron chi connectivity index (χ4n) is 2.43. The number of nitrogens with zero attached hydrogens (tertiary/aromatic N) is 2. The molecule has 2 aromatic rings. The number of aromatic nitrogens is 2. The number of halogens is 8. The van der Waals surface area contributed by atoms with Gasteiger partial charge in [0.25, 0.3) is 0 Å². The third-order valence-electron chi connectivity index (χ3n) is 3.86. The molecule has 4 nitrogen and oxygen atoms in total. The molecule has 27 heavy (non-hydrogen) atoms. The van der Waals surface area contributed by atoms with Crippen LogP contribution in [0.1, 0.15) is 30.1 Å². The van der Waals surface area contributed by atoms with Crippen molar-refractivity contribution < 1.29 is 39.9 Å². The highest BCUT2D eigenvalue weighted by molar-refractivity contribution is 5.90. The van der Waals surface area contributed by atoms with E-state index in [1.54, 1.807) is 0 Å². The SMILES string of the molecule is O=C(Cn1nc(C(F)(F)F)cc1C1CC1)Nc1c(F)c(F)c(F)c(F)c1F. The Morgan fingerprint density at radius 3 is 2.04 bits per heavy atom. The molecule has 1 aromatic carbocycles. The molecule has 0 spiro atoms. The van der Waals surface area contributed by atoms with Crippen LogP contribution in [0.2, 0.25) is 0 Å². The molecule has 1 aliphatic rings. The van der Waals surface area contributed by atoms with Crippen molar-refractivity contribution in [2.45, 2.75) is 31.5 Å². The first-order valence-electron chi connectivity index (χ1n) is 7.47. The first-order valence-corrected chi connectivity index (χ1v) is 7.47. The van der Waals surface area contributed by atoms with Crippen molar-refractivity contribution in [2.24, 2.45) is 0 Å². The topological polar surface area (TPSA) is 46.9 Å². The van der Waals surface area contributed by atoms with Crippen LogP contribution in [0.5, 0.6) is 0 Å². The molecule has 0 saturated heterocycles. The lowest BCUT2D eigenvalue weighted by molar-refractivity contribution is -0.141. The van der Waals surface area contributed by atoms with Crippen molar-refractivity contribution in [3.63, 3.8) is 0 Å². The Bertz CT molecular complexity index is 888.